The minimum Gasteiger partial charge on any atom is -0.507 e. The SMILES string of the molecule is Cc1ccc(C)c(C(N)=O)c1O. The van der Waals surface area contributed by atoms with E-state index in [4.69, 9.17) is 5.73 Å². The van der Waals surface area contributed by atoms with Crippen LogP contribution in [0, 0.1) is 13.8 Å². The summed E-state index contributed by atoms with van der Waals surface area (Å²) in [7, 11) is 0. The van der Waals surface area contributed by atoms with Crippen LogP contribution in [0.3, 0.4) is 0 Å². The molecule has 3 nitrogen and oxygen atoms in total. The first-order valence-electron chi connectivity index (χ1n) is 3.63. The van der Waals surface area contributed by atoms with Gasteiger partial charge in [0.25, 0.3) is 5.91 Å². The Balaban J connectivity index is 3.43. The van der Waals surface area contributed by atoms with Gasteiger partial charge >= 0.3 is 0 Å². The summed E-state index contributed by atoms with van der Waals surface area (Å²) in [4.78, 5) is 10.9. The van der Waals surface area contributed by atoms with E-state index in [0.717, 1.165) is 0 Å². The molecule has 1 rings (SSSR count). The minimum absolute atomic E-state index is 0.0116. The van der Waals surface area contributed by atoms with Crippen molar-refractivity contribution >= 4 is 5.91 Å². The van der Waals surface area contributed by atoms with E-state index in [1.807, 2.05) is 0 Å². The molecule has 3 heteroatoms. The lowest BCUT2D eigenvalue weighted by Crippen LogP contribution is -2.13. The molecule has 0 spiro atoms. The predicted molar refractivity (Wildman–Crippen MR) is 46.1 cm³/mol. The van der Waals surface area contributed by atoms with Gasteiger partial charge in [0.05, 0.1) is 5.56 Å². The Morgan fingerprint density at radius 2 is 1.83 bits per heavy atom. The first kappa shape index (κ1) is 8.59. The molecule has 0 fully saturated rings. The highest BCUT2D eigenvalue weighted by molar-refractivity contribution is 5.97. The Morgan fingerprint density at radius 3 is 2.25 bits per heavy atom. The molecule has 0 aliphatic carbocycles. The van der Waals surface area contributed by atoms with Gasteiger partial charge < -0.3 is 10.8 Å². The van der Waals surface area contributed by atoms with Crippen molar-refractivity contribution in [3.8, 4) is 5.75 Å². The van der Waals surface area contributed by atoms with E-state index in [0.29, 0.717) is 11.1 Å². The third-order valence-corrected chi connectivity index (χ3v) is 1.83. The van der Waals surface area contributed by atoms with Crippen LogP contribution in [0.5, 0.6) is 5.75 Å². The Kier molecular flexibility index (Phi) is 2.04. The summed E-state index contributed by atoms with van der Waals surface area (Å²) >= 11 is 0. The third-order valence-electron chi connectivity index (χ3n) is 1.83. The molecule has 0 heterocycles. The zero-order valence-electron chi connectivity index (χ0n) is 7.09. The van der Waals surface area contributed by atoms with Crippen molar-refractivity contribution in [1.29, 1.82) is 0 Å². The molecule has 1 aromatic rings. The van der Waals surface area contributed by atoms with Crippen LogP contribution >= 0.6 is 0 Å². The Bertz CT molecular complexity index is 332. The van der Waals surface area contributed by atoms with Gasteiger partial charge in [0, 0.05) is 0 Å². The van der Waals surface area contributed by atoms with E-state index in [1.54, 1.807) is 26.0 Å². The number of rotatable bonds is 1. The summed E-state index contributed by atoms with van der Waals surface area (Å²) in [6.07, 6.45) is 0. The monoisotopic (exact) mass is 165 g/mol. The maximum atomic E-state index is 10.9. The van der Waals surface area contributed by atoms with Crippen LogP contribution in [0.25, 0.3) is 0 Å². The second-order valence-electron chi connectivity index (χ2n) is 2.79. The van der Waals surface area contributed by atoms with Gasteiger partial charge in [-0.2, -0.15) is 0 Å². The lowest BCUT2D eigenvalue weighted by molar-refractivity contribution is 0.0997. The van der Waals surface area contributed by atoms with Crippen LogP contribution in [0.15, 0.2) is 12.1 Å². The average Bonchev–Trinajstić information content (AvgIpc) is 1.97. The first-order valence-corrected chi connectivity index (χ1v) is 3.63. The molecule has 0 bridgehead atoms. The summed E-state index contributed by atoms with van der Waals surface area (Å²) < 4.78 is 0. The number of hydrogen-bond acceptors (Lipinski definition) is 2. The number of nitrogens with two attached hydrogens (primary N) is 1. The van der Waals surface area contributed by atoms with Crippen molar-refractivity contribution in [2.75, 3.05) is 0 Å². The molecular weight excluding hydrogens is 154 g/mol. The molecule has 1 amide bonds. The maximum absolute atomic E-state index is 10.9. The van der Waals surface area contributed by atoms with Crippen molar-refractivity contribution in [3.63, 3.8) is 0 Å². The average molecular weight is 165 g/mol. The van der Waals surface area contributed by atoms with E-state index >= 15 is 0 Å². The number of benzene rings is 1. The van der Waals surface area contributed by atoms with Gasteiger partial charge in [0.2, 0.25) is 0 Å². The molecule has 0 unspecified atom stereocenters. The van der Waals surface area contributed by atoms with Crippen molar-refractivity contribution in [2.45, 2.75) is 13.8 Å². The molecule has 64 valence electrons. The lowest BCUT2D eigenvalue weighted by atomic mass is 10.0. The molecule has 1 aromatic carbocycles. The molecule has 3 N–H and O–H groups in total. The standard InChI is InChI=1S/C9H11NO2/c1-5-3-4-6(2)8(11)7(5)9(10)12/h3-4,11H,1-2H3,(H2,10,12). The lowest BCUT2D eigenvalue weighted by Gasteiger charge is -2.06. The number of hydrogen-bond donors (Lipinski definition) is 2. The molecule has 12 heavy (non-hydrogen) atoms. The first-order chi connectivity index (χ1) is 5.54. The normalized spacial score (nSPS) is 9.83. The summed E-state index contributed by atoms with van der Waals surface area (Å²) in [5.41, 5.74) is 6.66. The van der Waals surface area contributed by atoms with Crippen molar-refractivity contribution in [2.24, 2.45) is 5.73 Å². The fourth-order valence-corrected chi connectivity index (χ4v) is 1.11. The van der Waals surface area contributed by atoms with E-state index in [1.165, 1.54) is 0 Å². The number of primary amides is 1. The third kappa shape index (κ3) is 1.25. The van der Waals surface area contributed by atoms with Gasteiger partial charge in [-0.15, -0.1) is 0 Å². The van der Waals surface area contributed by atoms with Gasteiger partial charge in [0.1, 0.15) is 5.75 Å². The Hall–Kier alpha value is -1.51. The molecule has 0 saturated heterocycles. The smallest absolute Gasteiger partial charge is 0.252 e. The fraction of sp³-hybridized carbons (Fsp3) is 0.222. The molecule has 0 saturated carbocycles. The number of aryl methyl sites for hydroxylation is 2. The van der Waals surface area contributed by atoms with E-state index in [9.17, 15) is 9.90 Å². The predicted octanol–water partition coefficient (Wildman–Crippen LogP) is 1.11. The van der Waals surface area contributed by atoms with E-state index < -0.39 is 5.91 Å². The Morgan fingerprint density at radius 1 is 1.33 bits per heavy atom. The number of carbonyl (C=O) groups excluding carboxylic acids is 1. The zero-order valence-corrected chi connectivity index (χ0v) is 7.09. The summed E-state index contributed by atoms with van der Waals surface area (Å²) in [5, 5.41) is 9.45. The van der Waals surface area contributed by atoms with E-state index in [2.05, 4.69) is 0 Å². The van der Waals surface area contributed by atoms with Crippen molar-refractivity contribution < 1.29 is 9.90 Å². The fourth-order valence-electron chi connectivity index (χ4n) is 1.11. The summed E-state index contributed by atoms with van der Waals surface area (Å²) in [6.45, 7) is 3.46. The van der Waals surface area contributed by atoms with Gasteiger partial charge in [-0.1, -0.05) is 12.1 Å². The van der Waals surface area contributed by atoms with Crippen molar-refractivity contribution in [1.82, 2.24) is 0 Å². The largest absolute Gasteiger partial charge is 0.507 e. The van der Waals surface area contributed by atoms with Crippen LogP contribution in [0.1, 0.15) is 21.5 Å². The highest BCUT2D eigenvalue weighted by Crippen LogP contribution is 2.24. The quantitative estimate of drug-likeness (QED) is 0.654. The number of phenols is 1. The topological polar surface area (TPSA) is 63.3 Å². The van der Waals surface area contributed by atoms with Gasteiger partial charge in [0.15, 0.2) is 0 Å². The van der Waals surface area contributed by atoms with Gasteiger partial charge in [-0.25, -0.2) is 0 Å². The molecule has 0 radical (unpaired) electrons. The second kappa shape index (κ2) is 2.85. The minimum atomic E-state index is -0.589. The Labute approximate surface area is 70.8 Å². The number of amides is 1. The van der Waals surface area contributed by atoms with Gasteiger partial charge in [-0.3, -0.25) is 4.79 Å². The van der Waals surface area contributed by atoms with Crippen LogP contribution in [-0.2, 0) is 0 Å². The van der Waals surface area contributed by atoms with Crippen molar-refractivity contribution in [3.05, 3.63) is 28.8 Å². The van der Waals surface area contributed by atoms with Gasteiger partial charge in [-0.05, 0) is 25.0 Å². The molecule has 0 atom stereocenters. The van der Waals surface area contributed by atoms with E-state index in [-0.39, 0.29) is 11.3 Å². The number of aromatic hydroxyl groups is 1. The van der Waals surface area contributed by atoms with Crippen LogP contribution < -0.4 is 5.73 Å². The van der Waals surface area contributed by atoms with Crippen LogP contribution in [0.4, 0.5) is 0 Å². The van der Waals surface area contributed by atoms with Crippen LogP contribution in [-0.4, -0.2) is 11.0 Å². The summed E-state index contributed by atoms with van der Waals surface area (Å²) in [6, 6.07) is 3.51. The van der Waals surface area contributed by atoms with Crippen LogP contribution in [0.2, 0.25) is 0 Å². The molecule has 0 aliphatic rings. The highest BCUT2D eigenvalue weighted by Gasteiger charge is 2.11. The highest BCUT2D eigenvalue weighted by atomic mass is 16.3. The molecule has 0 aromatic heterocycles. The molecular formula is C9H11NO2. The zero-order chi connectivity index (χ0) is 9.30. The maximum Gasteiger partial charge on any atom is 0.252 e. The summed E-state index contributed by atoms with van der Waals surface area (Å²) in [5.74, 6) is -0.601. The molecule has 0 aliphatic heterocycles. The second-order valence-corrected chi connectivity index (χ2v) is 2.79. The number of carbonyl (C=O) groups is 1.